The van der Waals surface area contributed by atoms with Crippen LogP contribution < -0.4 is 4.90 Å². The van der Waals surface area contributed by atoms with Gasteiger partial charge in [0.2, 0.25) is 0 Å². The van der Waals surface area contributed by atoms with E-state index in [4.69, 9.17) is 13.8 Å². The molecule has 0 radical (unpaired) electrons. The molecule has 3 aromatic heterocycles. The maximum absolute atomic E-state index is 6.34. The van der Waals surface area contributed by atoms with Crippen LogP contribution in [0.4, 0.5) is 16.5 Å². The second-order valence-corrected chi connectivity index (χ2v) is 12.2. The standard InChI is InChI=1S/C39H22N2O2S/c1-2-8-27-23(7-1)13-14-24-15-19-32-38(37(24)27)44-39(40-32)41(25-17-20-35-31(21-25)29-10-4-6-12-34(29)42-35)26-16-18-30-28-9-3-5-11-33(28)43-36(30)22-26/h1-22H. The van der Waals surface area contributed by atoms with Crippen molar-refractivity contribution in [3.05, 3.63) is 133 Å². The zero-order valence-electron chi connectivity index (χ0n) is 23.3. The van der Waals surface area contributed by atoms with E-state index in [0.717, 1.165) is 65.9 Å². The summed E-state index contributed by atoms with van der Waals surface area (Å²) in [5.41, 5.74) is 6.46. The Morgan fingerprint density at radius 3 is 1.95 bits per heavy atom. The number of nitrogens with zero attached hydrogens (tertiary/aromatic N) is 2. The minimum Gasteiger partial charge on any atom is -0.456 e. The Morgan fingerprint density at radius 2 is 1.09 bits per heavy atom. The average Bonchev–Trinajstić information content (AvgIpc) is 3.77. The maximum Gasteiger partial charge on any atom is 0.195 e. The third kappa shape index (κ3) is 3.41. The summed E-state index contributed by atoms with van der Waals surface area (Å²) in [7, 11) is 0. The van der Waals surface area contributed by atoms with Gasteiger partial charge in [-0.3, -0.25) is 4.90 Å². The zero-order chi connectivity index (χ0) is 28.8. The van der Waals surface area contributed by atoms with Crippen molar-refractivity contribution in [2.24, 2.45) is 0 Å². The predicted octanol–water partition coefficient (Wildman–Crippen LogP) is 11.9. The molecule has 44 heavy (non-hydrogen) atoms. The lowest BCUT2D eigenvalue weighted by molar-refractivity contribution is 0.668. The van der Waals surface area contributed by atoms with Crippen LogP contribution in [0.5, 0.6) is 0 Å². The van der Waals surface area contributed by atoms with E-state index in [9.17, 15) is 0 Å². The molecule has 0 amide bonds. The van der Waals surface area contributed by atoms with E-state index in [1.54, 1.807) is 11.3 Å². The molecule has 10 aromatic rings. The highest BCUT2D eigenvalue weighted by atomic mass is 32.1. The Hall–Kier alpha value is -5.65. The van der Waals surface area contributed by atoms with Gasteiger partial charge in [-0.2, -0.15) is 0 Å². The van der Waals surface area contributed by atoms with Gasteiger partial charge < -0.3 is 8.83 Å². The molecule has 0 spiro atoms. The van der Waals surface area contributed by atoms with Gasteiger partial charge in [-0.05, 0) is 64.7 Å². The van der Waals surface area contributed by atoms with Crippen molar-refractivity contribution in [3.63, 3.8) is 0 Å². The Bertz CT molecular complexity index is 2750. The Labute approximate surface area is 255 Å². The Morgan fingerprint density at radius 1 is 0.477 bits per heavy atom. The molecule has 5 heteroatoms. The third-order valence-corrected chi connectivity index (χ3v) is 9.76. The number of thiazole rings is 1. The van der Waals surface area contributed by atoms with Gasteiger partial charge in [0.05, 0.1) is 15.9 Å². The molecule has 4 nitrogen and oxygen atoms in total. The van der Waals surface area contributed by atoms with Crippen LogP contribution >= 0.6 is 11.3 Å². The molecule has 10 rings (SSSR count). The second kappa shape index (κ2) is 8.93. The van der Waals surface area contributed by atoms with Crippen LogP contribution in [0, 0.1) is 0 Å². The topological polar surface area (TPSA) is 42.4 Å². The summed E-state index contributed by atoms with van der Waals surface area (Å²) >= 11 is 1.72. The van der Waals surface area contributed by atoms with Crippen molar-refractivity contribution in [3.8, 4) is 0 Å². The van der Waals surface area contributed by atoms with Gasteiger partial charge in [-0.1, -0.05) is 90.2 Å². The number of hydrogen-bond donors (Lipinski definition) is 0. The lowest BCUT2D eigenvalue weighted by Crippen LogP contribution is -2.09. The molecule has 0 fully saturated rings. The van der Waals surface area contributed by atoms with Gasteiger partial charge in [0.25, 0.3) is 0 Å². The summed E-state index contributed by atoms with van der Waals surface area (Å²) in [5, 5.41) is 10.2. The molecule has 0 bridgehead atoms. The van der Waals surface area contributed by atoms with E-state index in [1.165, 1.54) is 26.2 Å². The monoisotopic (exact) mass is 582 g/mol. The molecular formula is C39H22N2O2S. The number of anilines is 3. The minimum absolute atomic E-state index is 0.848. The number of aromatic nitrogens is 1. The van der Waals surface area contributed by atoms with E-state index in [0.29, 0.717) is 0 Å². The highest BCUT2D eigenvalue weighted by Gasteiger charge is 2.21. The van der Waals surface area contributed by atoms with Crippen molar-refractivity contribution < 1.29 is 8.83 Å². The predicted molar refractivity (Wildman–Crippen MR) is 184 cm³/mol. The summed E-state index contributed by atoms with van der Waals surface area (Å²) in [5.74, 6) is 0. The lowest BCUT2D eigenvalue weighted by atomic mass is 10.0. The van der Waals surface area contributed by atoms with Crippen molar-refractivity contribution in [2.45, 2.75) is 0 Å². The number of para-hydroxylation sites is 2. The highest BCUT2D eigenvalue weighted by molar-refractivity contribution is 7.23. The fourth-order valence-corrected chi connectivity index (χ4v) is 7.81. The van der Waals surface area contributed by atoms with Gasteiger partial charge in [0.1, 0.15) is 22.3 Å². The van der Waals surface area contributed by atoms with Crippen LogP contribution in [-0.4, -0.2) is 4.98 Å². The largest absolute Gasteiger partial charge is 0.456 e. The van der Waals surface area contributed by atoms with E-state index >= 15 is 0 Å². The number of furan rings is 2. The van der Waals surface area contributed by atoms with Crippen LogP contribution in [0.1, 0.15) is 0 Å². The molecule has 0 atom stereocenters. The summed E-state index contributed by atoms with van der Waals surface area (Å²) in [6.07, 6.45) is 0. The Balaban J connectivity index is 1.25. The quantitative estimate of drug-likeness (QED) is 0.194. The molecule has 206 valence electrons. The van der Waals surface area contributed by atoms with Gasteiger partial charge in [0.15, 0.2) is 5.13 Å². The molecule has 0 aliphatic rings. The zero-order valence-corrected chi connectivity index (χ0v) is 24.1. The number of benzene rings is 7. The van der Waals surface area contributed by atoms with Crippen molar-refractivity contribution in [1.29, 1.82) is 0 Å². The molecule has 0 aliphatic carbocycles. The number of fused-ring (bicyclic) bond motifs is 11. The SMILES string of the molecule is c1ccc2c(c1)ccc1ccc3nc(N(c4ccc5c(c4)oc4ccccc45)c4ccc5oc6ccccc6c5c4)sc3c12. The first-order valence-corrected chi connectivity index (χ1v) is 15.4. The Kier molecular flexibility index (Phi) is 4.84. The van der Waals surface area contributed by atoms with Gasteiger partial charge in [0, 0.05) is 38.7 Å². The number of rotatable bonds is 3. The fraction of sp³-hybridized carbons (Fsp3) is 0. The van der Waals surface area contributed by atoms with E-state index in [2.05, 4.69) is 114 Å². The van der Waals surface area contributed by atoms with E-state index in [-0.39, 0.29) is 0 Å². The normalized spacial score (nSPS) is 12.1. The van der Waals surface area contributed by atoms with Crippen LogP contribution in [0.3, 0.4) is 0 Å². The summed E-state index contributed by atoms with van der Waals surface area (Å²) in [6.45, 7) is 0. The van der Waals surface area contributed by atoms with Crippen molar-refractivity contribution >= 4 is 103 Å². The first kappa shape index (κ1) is 23.9. The molecule has 0 saturated carbocycles. The second-order valence-electron chi connectivity index (χ2n) is 11.2. The maximum atomic E-state index is 6.34. The van der Waals surface area contributed by atoms with Crippen molar-refractivity contribution in [1.82, 2.24) is 4.98 Å². The lowest BCUT2D eigenvalue weighted by Gasteiger charge is -2.22. The van der Waals surface area contributed by atoms with Crippen LogP contribution in [0.15, 0.2) is 142 Å². The third-order valence-electron chi connectivity index (χ3n) is 8.68. The van der Waals surface area contributed by atoms with Crippen LogP contribution in [0.2, 0.25) is 0 Å². The smallest absolute Gasteiger partial charge is 0.195 e. The average molecular weight is 583 g/mol. The van der Waals surface area contributed by atoms with Gasteiger partial charge in [-0.25, -0.2) is 4.98 Å². The first-order valence-electron chi connectivity index (χ1n) is 14.6. The van der Waals surface area contributed by atoms with Gasteiger partial charge in [-0.15, -0.1) is 0 Å². The molecular weight excluding hydrogens is 561 g/mol. The van der Waals surface area contributed by atoms with Gasteiger partial charge >= 0.3 is 0 Å². The minimum atomic E-state index is 0.848. The molecule has 7 aromatic carbocycles. The molecule has 0 N–H and O–H groups in total. The summed E-state index contributed by atoms with van der Waals surface area (Å²) in [4.78, 5) is 7.51. The summed E-state index contributed by atoms with van der Waals surface area (Å²) < 4.78 is 13.7. The first-order chi connectivity index (χ1) is 21.8. The molecule has 0 saturated heterocycles. The molecule has 0 aliphatic heterocycles. The molecule has 0 unspecified atom stereocenters. The summed E-state index contributed by atoms with van der Waals surface area (Å²) in [6, 6.07) is 46.6. The van der Waals surface area contributed by atoms with Crippen LogP contribution in [0.25, 0.3) is 75.6 Å². The number of hydrogen-bond acceptors (Lipinski definition) is 5. The highest BCUT2D eigenvalue weighted by Crippen LogP contribution is 2.45. The molecule has 3 heterocycles. The fourth-order valence-electron chi connectivity index (χ4n) is 6.63. The van der Waals surface area contributed by atoms with Crippen molar-refractivity contribution in [2.75, 3.05) is 4.90 Å². The van der Waals surface area contributed by atoms with E-state index < -0.39 is 0 Å². The van der Waals surface area contributed by atoms with Crippen LogP contribution in [-0.2, 0) is 0 Å². The van der Waals surface area contributed by atoms with E-state index in [1.807, 2.05) is 24.3 Å².